The molecule has 1 aromatic rings. The summed E-state index contributed by atoms with van der Waals surface area (Å²) in [6.07, 6.45) is 10.2. The Morgan fingerprint density at radius 2 is 2.31 bits per heavy atom. The lowest BCUT2D eigenvalue weighted by atomic mass is 9.73. The molecule has 0 saturated heterocycles. The fourth-order valence-electron chi connectivity index (χ4n) is 2.95. The second-order valence-corrected chi connectivity index (χ2v) is 5.58. The number of hydrogen-bond donors (Lipinski definition) is 1. The predicted octanol–water partition coefficient (Wildman–Crippen LogP) is 2.53. The first-order valence-electron chi connectivity index (χ1n) is 6.36. The van der Waals surface area contributed by atoms with Crippen molar-refractivity contribution in [1.82, 2.24) is 9.55 Å². The van der Waals surface area contributed by atoms with Crippen molar-refractivity contribution in [2.24, 2.45) is 11.1 Å². The van der Waals surface area contributed by atoms with Crippen LogP contribution in [0.25, 0.3) is 0 Å². The van der Waals surface area contributed by atoms with Crippen LogP contribution in [0.3, 0.4) is 0 Å². The molecule has 1 aliphatic rings. The molecule has 1 heterocycles. The summed E-state index contributed by atoms with van der Waals surface area (Å²) in [5.74, 6) is 0. The van der Waals surface area contributed by atoms with Gasteiger partial charge in [-0.25, -0.2) is 4.98 Å². The van der Waals surface area contributed by atoms with Gasteiger partial charge in [0.2, 0.25) is 0 Å². The van der Waals surface area contributed by atoms with Gasteiger partial charge in [0, 0.05) is 24.4 Å². The zero-order valence-electron chi connectivity index (χ0n) is 10.4. The first-order chi connectivity index (χ1) is 7.65. The molecule has 1 fully saturated rings. The van der Waals surface area contributed by atoms with E-state index >= 15 is 0 Å². The molecule has 3 heteroatoms. The van der Waals surface area contributed by atoms with Crippen LogP contribution < -0.4 is 5.73 Å². The van der Waals surface area contributed by atoms with Gasteiger partial charge in [-0.3, -0.25) is 0 Å². The van der Waals surface area contributed by atoms with E-state index in [1.54, 1.807) is 0 Å². The zero-order valence-corrected chi connectivity index (χ0v) is 10.4. The maximum atomic E-state index is 5.64. The maximum absolute atomic E-state index is 5.64. The molecule has 1 saturated carbocycles. The van der Waals surface area contributed by atoms with Gasteiger partial charge in [0.1, 0.15) is 0 Å². The Bertz CT molecular complexity index is 341. The lowest BCUT2D eigenvalue weighted by Gasteiger charge is -2.40. The average molecular weight is 221 g/mol. The summed E-state index contributed by atoms with van der Waals surface area (Å²) >= 11 is 0. The Kier molecular flexibility index (Phi) is 3.33. The maximum Gasteiger partial charge on any atom is 0.0950 e. The molecule has 0 bridgehead atoms. The summed E-state index contributed by atoms with van der Waals surface area (Å²) in [5.41, 5.74) is 7.33. The number of nitrogens with two attached hydrogens (primary N) is 1. The summed E-state index contributed by atoms with van der Waals surface area (Å²) in [4.78, 5) is 4.29. The van der Waals surface area contributed by atoms with Crippen molar-refractivity contribution in [3.8, 4) is 0 Å². The Morgan fingerprint density at radius 3 is 3.00 bits per heavy atom. The number of rotatable bonds is 3. The number of hydrogen-bond acceptors (Lipinski definition) is 2. The van der Waals surface area contributed by atoms with Gasteiger partial charge in [-0.1, -0.05) is 26.7 Å². The van der Waals surface area contributed by atoms with E-state index in [0.29, 0.717) is 18.0 Å². The molecule has 0 spiro atoms. The highest BCUT2D eigenvalue weighted by Crippen LogP contribution is 2.44. The topological polar surface area (TPSA) is 43.8 Å². The second kappa shape index (κ2) is 4.58. The first kappa shape index (κ1) is 11.6. The number of imidazole rings is 1. The van der Waals surface area contributed by atoms with Crippen LogP contribution in [0.15, 0.2) is 12.5 Å². The Hall–Kier alpha value is -0.830. The molecule has 0 aromatic carbocycles. The fraction of sp³-hybridized carbons (Fsp3) is 0.769. The van der Waals surface area contributed by atoms with Gasteiger partial charge < -0.3 is 10.3 Å². The Morgan fingerprint density at radius 1 is 1.50 bits per heavy atom. The molecule has 2 N–H and O–H groups in total. The minimum Gasteiger partial charge on any atom is -0.331 e. The first-order valence-corrected chi connectivity index (χ1v) is 6.36. The average Bonchev–Trinajstić information content (AvgIpc) is 2.66. The highest BCUT2D eigenvalue weighted by molar-refractivity contribution is 5.04. The summed E-state index contributed by atoms with van der Waals surface area (Å²) in [5, 5.41) is 0. The summed E-state index contributed by atoms with van der Waals surface area (Å²) in [7, 11) is 0. The fourth-order valence-corrected chi connectivity index (χ4v) is 2.95. The van der Waals surface area contributed by atoms with E-state index in [2.05, 4.69) is 23.4 Å². The summed E-state index contributed by atoms with van der Waals surface area (Å²) in [6.45, 7) is 5.46. The van der Waals surface area contributed by atoms with Crippen LogP contribution in [0.5, 0.6) is 0 Å². The van der Waals surface area contributed by atoms with E-state index in [-0.39, 0.29) is 0 Å². The van der Waals surface area contributed by atoms with Crippen LogP contribution in [-0.2, 0) is 6.42 Å². The van der Waals surface area contributed by atoms with Gasteiger partial charge in [0.15, 0.2) is 0 Å². The molecule has 1 atom stereocenters. The molecule has 0 amide bonds. The van der Waals surface area contributed by atoms with Gasteiger partial charge in [0.05, 0.1) is 6.33 Å². The van der Waals surface area contributed by atoms with E-state index in [1.165, 1.54) is 31.4 Å². The van der Waals surface area contributed by atoms with Crippen molar-refractivity contribution in [3.63, 3.8) is 0 Å². The lowest BCUT2D eigenvalue weighted by Crippen LogP contribution is -2.31. The Balaban J connectivity index is 2.24. The van der Waals surface area contributed by atoms with Crippen LogP contribution in [0.1, 0.15) is 51.3 Å². The van der Waals surface area contributed by atoms with E-state index in [4.69, 9.17) is 5.73 Å². The SMILES string of the molecule is CC1(C)CCCCC1n1cncc1CCN. The van der Waals surface area contributed by atoms with Gasteiger partial charge >= 0.3 is 0 Å². The smallest absolute Gasteiger partial charge is 0.0950 e. The summed E-state index contributed by atoms with van der Waals surface area (Å²) < 4.78 is 2.37. The molecule has 0 aliphatic heterocycles. The van der Waals surface area contributed by atoms with Crippen LogP contribution in [0.4, 0.5) is 0 Å². The van der Waals surface area contributed by atoms with Crippen LogP contribution in [0, 0.1) is 5.41 Å². The molecule has 2 rings (SSSR count). The van der Waals surface area contributed by atoms with Crippen molar-refractivity contribution >= 4 is 0 Å². The normalized spacial score (nSPS) is 24.6. The third-order valence-corrected chi connectivity index (χ3v) is 3.93. The van der Waals surface area contributed by atoms with Crippen molar-refractivity contribution in [2.45, 2.75) is 52.0 Å². The number of aromatic nitrogens is 2. The molecule has 0 radical (unpaired) electrons. The molecule has 90 valence electrons. The zero-order chi connectivity index (χ0) is 11.6. The van der Waals surface area contributed by atoms with Crippen LogP contribution >= 0.6 is 0 Å². The highest BCUT2D eigenvalue weighted by atomic mass is 15.1. The molecular formula is C13H23N3. The van der Waals surface area contributed by atoms with Crippen molar-refractivity contribution in [1.29, 1.82) is 0 Å². The number of nitrogens with zero attached hydrogens (tertiary/aromatic N) is 2. The van der Waals surface area contributed by atoms with E-state index in [1.807, 2.05) is 12.5 Å². The third kappa shape index (κ3) is 2.14. The van der Waals surface area contributed by atoms with Gasteiger partial charge in [-0.2, -0.15) is 0 Å². The Labute approximate surface area is 98.1 Å². The monoisotopic (exact) mass is 221 g/mol. The van der Waals surface area contributed by atoms with Crippen LogP contribution in [0.2, 0.25) is 0 Å². The van der Waals surface area contributed by atoms with Crippen molar-refractivity contribution < 1.29 is 0 Å². The van der Waals surface area contributed by atoms with Crippen molar-refractivity contribution in [3.05, 3.63) is 18.2 Å². The van der Waals surface area contributed by atoms with Crippen molar-refractivity contribution in [2.75, 3.05) is 6.54 Å². The minimum absolute atomic E-state index is 0.391. The van der Waals surface area contributed by atoms with Gasteiger partial charge in [0.25, 0.3) is 0 Å². The largest absolute Gasteiger partial charge is 0.331 e. The van der Waals surface area contributed by atoms with E-state index in [9.17, 15) is 0 Å². The summed E-state index contributed by atoms with van der Waals surface area (Å²) in [6, 6.07) is 0.602. The van der Waals surface area contributed by atoms with Gasteiger partial charge in [-0.05, 0) is 24.8 Å². The molecule has 1 aliphatic carbocycles. The minimum atomic E-state index is 0.391. The highest BCUT2D eigenvalue weighted by Gasteiger charge is 2.33. The predicted molar refractivity (Wildman–Crippen MR) is 66.3 cm³/mol. The molecule has 1 aromatic heterocycles. The van der Waals surface area contributed by atoms with E-state index < -0.39 is 0 Å². The molecule has 16 heavy (non-hydrogen) atoms. The second-order valence-electron chi connectivity index (χ2n) is 5.58. The lowest BCUT2D eigenvalue weighted by molar-refractivity contribution is 0.141. The van der Waals surface area contributed by atoms with Gasteiger partial charge in [-0.15, -0.1) is 0 Å². The quantitative estimate of drug-likeness (QED) is 0.852. The third-order valence-electron chi connectivity index (χ3n) is 3.93. The molecular weight excluding hydrogens is 198 g/mol. The molecule has 3 nitrogen and oxygen atoms in total. The van der Waals surface area contributed by atoms with E-state index in [0.717, 1.165) is 6.42 Å². The standard InChI is InChI=1S/C13H23N3/c1-13(2)7-4-3-5-12(13)16-10-15-9-11(16)6-8-14/h9-10,12H,3-8,14H2,1-2H3. The van der Waals surface area contributed by atoms with Crippen LogP contribution in [-0.4, -0.2) is 16.1 Å². The molecule has 1 unspecified atom stereocenters.